The number of allylic oxidation sites excluding steroid dienone is 4. The summed E-state index contributed by atoms with van der Waals surface area (Å²) in [6.45, 7) is 26.1. The maximum atomic E-state index is 2.65. The van der Waals surface area contributed by atoms with Crippen LogP contribution in [0.1, 0.15) is 111 Å². The lowest BCUT2D eigenvalue weighted by atomic mass is 9.74. The van der Waals surface area contributed by atoms with Crippen molar-refractivity contribution in [1.29, 1.82) is 0 Å². The van der Waals surface area contributed by atoms with Crippen LogP contribution in [-0.2, 0) is 10.8 Å². The first-order valence-corrected chi connectivity index (χ1v) is 13.7. The molecule has 0 saturated heterocycles. The molecule has 0 radical (unpaired) electrons. The quantitative estimate of drug-likeness (QED) is 0.392. The van der Waals surface area contributed by atoms with Crippen LogP contribution in [0.4, 0.5) is 0 Å². The van der Waals surface area contributed by atoms with Crippen LogP contribution in [0.5, 0.6) is 0 Å². The summed E-state index contributed by atoms with van der Waals surface area (Å²) < 4.78 is 0. The Morgan fingerprint density at radius 2 is 1.17 bits per heavy atom. The molecule has 0 N–H and O–H groups in total. The van der Waals surface area contributed by atoms with Crippen molar-refractivity contribution in [3.05, 3.63) is 82.0 Å². The number of hydrogen-bond acceptors (Lipinski definition) is 0. The van der Waals surface area contributed by atoms with E-state index in [4.69, 9.17) is 0 Å². The Morgan fingerprint density at radius 3 is 1.60 bits per heavy atom. The molecular formula is C35H46. The Labute approximate surface area is 214 Å². The summed E-state index contributed by atoms with van der Waals surface area (Å²) in [5.41, 5.74) is 12.9. The van der Waals surface area contributed by atoms with Gasteiger partial charge >= 0.3 is 0 Å². The summed E-state index contributed by atoms with van der Waals surface area (Å²) in [7, 11) is 0. The van der Waals surface area contributed by atoms with E-state index < -0.39 is 0 Å². The second-order valence-corrected chi connectivity index (χ2v) is 15.3. The first-order chi connectivity index (χ1) is 16.0. The third-order valence-corrected chi connectivity index (χ3v) is 9.11. The van der Waals surface area contributed by atoms with Crippen molar-refractivity contribution in [3.8, 4) is 11.1 Å². The first-order valence-electron chi connectivity index (χ1n) is 13.7. The van der Waals surface area contributed by atoms with Crippen molar-refractivity contribution in [3.63, 3.8) is 0 Å². The molecule has 0 spiro atoms. The molecule has 3 aliphatic carbocycles. The van der Waals surface area contributed by atoms with Gasteiger partial charge in [-0.15, -0.1) is 0 Å². The van der Waals surface area contributed by atoms with Gasteiger partial charge in [-0.2, -0.15) is 0 Å². The van der Waals surface area contributed by atoms with Gasteiger partial charge in [0.15, 0.2) is 0 Å². The number of fused-ring (bicyclic) bond motifs is 4. The number of benzene rings is 2. The molecule has 2 aromatic rings. The molecule has 0 heteroatoms. The van der Waals surface area contributed by atoms with Crippen molar-refractivity contribution in [2.24, 2.45) is 22.7 Å². The maximum absolute atomic E-state index is 2.65. The molecule has 0 bridgehead atoms. The van der Waals surface area contributed by atoms with E-state index in [0.29, 0.717) is 17.8 Å². The maximum Gasteiger partial charge on any atom is 0.0139 e. The zero-order chi connectivity index (χ0) is 25.7. The lowest BCUT2D eigenvalue weighted by molar-refractivity contribution is 0.364. The fourth-order valence-corrected chi connectivity index (χ4v) is 6.91. The van der Waals surface area contributed by atoms with Crippen molar-refractivity contribution in [2.75, 3.05) is 0 Å². The summed E-state index contributed by atoms with van der Waals surface area (Å²) in [5.74, 6) is 1.59. The molecule has 0 heterocycles. The van der Waals surface area contributed by atoms with Crippen LogP contribution in [0.25, 0.3) is 11.1 Å². The van der Waals surface area contributed by atoms with E-state index in [1.165, 1.54) is 34.2 Å². The minimum absolute atomic E-state index is 0.150. The van der Waals surface area contributed by atoms with Crippen LogP contribution in [0.2, 0.25) is 0 Å². The smallest absolute Gasteiger partial charge is 0.0139 e. The van der Waals surface area contributed by atoms with Gasteiger partial charge in [-0.3, -0.25) is 0 Å². The summed E-state index contributed by atoms with van der Waals surface area (Å²) in [6.07, 6.45) is 6.46. The Hall–Kier alpha value is -2.08. The third-order valence-electron chi connectivity index (χ3n) is 9.11. The van der Waals surface area contributed by atoms with Crippen LogP contribution in [-0.4, -0.2) is 0 Å². The van der Waals surface area contributed by atoms with E-state index in [1.807, 2.05) is 0 Å². The van der Waals surface area contributed by atoms with E-state index in [9.17, 15) is 0 Å². The van der Waals surface area contributed by atoms with E-state index >= 15 is 0 Å². The van der Waals surface area contributed by atoms with Crippen LogP contribution in [0.15, 0.2) is 59.7 Å². The Balaban J connectivity index is 1.72. The first kappa shape index (κ1) is 24.6. The van der Waals surface area contributed by atoms with Gasteiger partial charge in [-0.25, -0.2) is 0 Å². The fraction of sp³-hybridized carbons (Fsp3) is 0.543. The molecule has 2 aromatic carbocycles. The molecule has 1 saturated carbocycles. The molecule has 35 heavy (non-hydrogen) atoms. The zero-order valence-corrected chi connectivity index (χ0v) is 24.1. The largest absolute Gasteiger partial charge is 0.0733 e. The summed E-state index contributed by atoms with van der Waals surface area (Å²) in [5, 5.41) is 0. The van der Waals surface area contributed by atoms with Gasteiger partial charge in [0.1, 0.15) is 0 Å². The van der Waals surface area contributed by atoms with Crippen molar-refractivity contribution < 1.29 is 0 Å². The second kappa shape index (κ2) is 7.47. The standard InChI is InChI=1S/C35H46/c1-32(2,3)21-12-14-24-25-15-13-22(33(4,5)6)17-28(25)31(27(24)16-21)29-20-35(10,11)30-19-23(18-26(29)30)34(7,8)9/h12-19,26,29,31H,20H2,1-11H3. The van der Waals surface area contributed by atoms with Crippen LogP contribution >= 0.6 is 0 Å². The molecule has 2 unspecified atom stereocenters. The molecule has 3 aliphatic rings. The van der Waals surface area contributed by atoms with Crippen LogP contribution in [0.3, 0.4) is 0 Å². The Morgan fingerprint density at radius 1 is 0.686 bits per heavy atom. The topological polar surface area (TPSA) is 0 Å². The SMILES string of the molecule is CC(C)(C)C1=CC2C(=C1)C(C)(C)CC2C1c2cc(C(C)(C)C)ccc2-c2ccc(C(C)(C)C)cc21. The Bertz CT molecular complexity index is 1180. The molecule has 0 aliphatic heterocycles. The summed E-state index contributed by atoms with van der Waals surface area (Å²) >= 11 is 0. The van der Waals surface area contributed by atoms with Crippen molar-refractivity contribution in [2.45, 2.75) is 99.3 Å². The predicted molar refractivity (Wildman–Crippen MR) is 152 cm³/mol. The molecule has 186 valence electrons. The van der Waals surface area contributed by atoms with Gasteiger partial charge in [0.2, 0.25) is 0 Å². The lowest BCUT2D eigenvalue weighted by Gasteiger charge is -2.29. The second-order valence-electron chi connectivity index (χ2n) is 15.3. The average molecular weight is 467 g/mol. The third kappa shape index (κ3) is 3.96. The summed E-state index contributed by atoms with van der Waals surface area (Å²) in [6, 6.07) is 14.7. The molecular weight excluding hydrogens is 420 g/mol. The highest BCUT2D eigenvalue weighted by Gasteiger charge is 2.51. The van der Waals surface area contributed by atoms with E-state index in [1.54, 1.807) is 16.7 Å². The minimum atomic E-state index is 0.150. The van der Waals surface area contributed by atoms with Gasteiger partial charge in [0.05, 0.1) is 0 Å². The minimum Gasteiger partial charge on any atom is -0.0733 e. The zero-order valence-electron chi connectivity index (χ0n) is 24.1. The molecule has 0 nitrogen and oxygen atoms in total. The van der Waals surface area contributed by atoms with Gasteiger partial charge in [-0.05, 0) is 73.0 Å². The van der Waals surface area contributed by atoms with E-state index in [0.717, 1.165) is 0 Å². The van der Waals surface area contributed by atoms with Crippen molar-refractivity contribution in [1.82, 2.24) is 0 Å². The lowest BCUT2D eigenvalue weighted by Crippen LogP contribution is -2.19. The fourth-order valence-electron chi connectivity index (χ4n) is 6.91. The predicted octanol–water partition coefficient (Wildman–Crippen LogP) is 9.97. The number of rotatable bonds is 1. The summed E-state index contributed by atoms with van der Waals surface area (Å²) in [4.78, 5) is 0. The molecule has 5 rings (SSSR count). The van der Waals surface area contributed by atoms with Gasteiger partial charge in [0, 0.05) is 11.8 Å². The van der Waals surface area contributed by atoms with Gasteiger partial charge in [-0.1, -0.05) is 130 Å². The molecule has 0 amide bonds. The Kier molecular flexibility index (Phi) is 5.25. The normalized spacial score (nSPS) is 23.6. The number of hydrogen-bond donors (Lipinski definition) is 0. The van der Waals surface area contributed by atoms with Crippen molar-refractivity contribution >= 4 is 0 Å². The monoisotopic (exact) mass is 466 g/mol. The molecule has 2 atom stereocenters. The van der Waals surface area contributed by atoms with Crippen LogP contribution < -0.4 is 0 Å². The van der Waals surface area contributed by atoms with Gasteiger partial charge in [0.25, 0.3) is 0 Å². The van der Waals surface area contributed by atoms with E-state index in [2.05, 4.69) is 125 Å². The van der Waals surface area contributed by atoms with Crippen LogP contribution in [0, 0.1) is 22.7 Å². The highest BCUT2D eigenvalue weighted by atomic mass is 14.5. The van der Waals surface area contributed by atoms with E-state index in [-0.39, 0.29) is 21.7 Å². The highest BCUT2D eigenvalue weighted by Crippen LogP contribution is 2.62. The highest BCUT2D eigenvalue weighted by molar-refractivity contribution is 5.80. The molecule has 0 aromatic heterocycles. The molecule has 1 fully saturated rings. The average Bonchev–Trinajstić information content (AvgIpc) is 3.36. The van der Waals surface area contributed by atoms with Gasteiger partial charge < -0.3 is 0 Å².